The molecule has 3 aromatic rings. The first-order valence-corrected chi connectivity index (χ1v) is 8.65. The van der Waals surface area contributed by atoms with Crippen molar-refractivity contribution in [3.8, 4) is 0 Å². The molecule has 3 N–H and O–H groups in total. The van der Waals surface area contributed by atoms with Gasteiger partial charge in [0, 0.05) is 22.0 Å². The molecule has 0 aliphatic carbocycles. The van der Waals surface area contributed by atoms with Crippen molar-refractivity contribution < 1.29 is 19.4 Å². The van der Waals surface area contributed by atoms with E-state index in [0.717, 1.165) is 15.4 Å². The van der Waals surface area contributed by atoms with Crippen molar-refractivity contribution in [1.82, 2.24) is 15.5 Å². The van der Waals surface area contributed by atoms with E-state index in [0.29, 0.717) is 11.2 Å². The van der Waals surface area contributed by atoms with Crippen LogP contribution < -0.4 is 5.32 Å². The van der Waals surface area contributed by atoms with Crippen molar-refractivity contribution in [2.24, 2.45) is 0 Å². The van der Waals surface area contributed by atoms with Crippen LogP contribution in [0.5, 0.6) is 0 Å². The number of hydrogen-bond acceptors (Lipinski definition) is 4. The van der Waals surface area contributed by atoms with Gasteiger partial charge in [0.1, 0.15) is 12.6 Å². The first-order chi connectivity index (χ1) is 12.5. The van der Waals surface area contributed by atoms with Crippen LogP contribution in [0, 0.1) is 0 Å². The van der Waals surface area contributed by atoms with Crippen LogP contribution >= 0.6 is 15.9 Å². The number of rotatable bonds is 6. The number of benzene rings is 2. The smallest absolute Gasteiger partial charge is 0.408 e. The number of carbonyl (C=O) groups excluding carboxylic acids is 1. The average Bonchev–Trinajstić information content (AvgIpc) is 3.02. The third-order valence-corrected chi connectivity index (χ3v) is 4.30. The quantitative estimate of drug-likeness (QED) is 0.570. The molecule has 1 aromatic heterocycles. The molecule has 1 amide bonds. The minimum atomic E-state index is -1.15. The molecule has 2 aromatic carbocycles. The van der Waals surface area contributed by atoms with Crippen LogP contribution in [0.15, 0.2) is 53.0 Å². The number of aromatic nitrogens is 2. The highest BCUT2D eigenvalue weighted by atomic mass is 79.9. The van der Waals surface area contributed by atoms with Crippen molar-refractivity contribution in [1.29, 1.82) is 0 Å². The van der Waals surface area contributed by atoms with Gasteiger partial charge in [-0.3, -0.25) is 5.10 Å². The molecular formula is C18H16BrN3O4. The zero-order valence-corrected chi connectivity index (χ0v) is 15.2. The zero-order chi connectivity index (χ0) is 18.5. The monoisotopic (exact) mass is 417 g/mol. The number of aromatic amines is 1. The summed E-state index contributed by atoms with van der Waals surface area (Å²) in [4.78, 5) is 23.5. The number of H-pyrrole nitrogens is 1. The normalized spacial score (nSPS) is 11.9. The minimum Gasteiger partial charge on any atom is -0.480 e. The van der Waals surface area contributed by atoms with Gasteiger partial charge in [0.25, 0.3) is 0 Å². The number of hydrogen-bond donors (Lipinski definition) is 3. The Bertz CT molecular complexity index is 927. The van der Waals surface area contributed by atoms with Gasteiger partial charge in [-0.2, -0.15) is 5.10 Å². The van der Waals surface area contributed by atoms with Gasteiger partial charge < -0.3 is 15.2 Å². The maximum Gasteiger partial charge on any atom is 0.408 e. The van der Waals surface area contributed by atoms with Crippen LogP contribution in [0.1, 0.15) is 11.3 Å². The van der Waals surface area contributed by atoms with Gasteiger partial charge in [-0.15, -0.1) is 0 Å². The van der Waals surface area contributed by atoms with E-state index in [1.165, 1.54) is 0 Å². The van der Waals surface area contributed by atoms with Crippen molar-refractivity contribution in [2.45, 2.75) is 19.1 Å². The van der Waals surface area contributed by atoms with Crippen LogP contribution in [0.4, 0.5) is 4.79 Å². The Labute approximate surface area is 157 Å². The molecule has 26 heavy (non-hydrogen) atoms. The van der Waals surface area contributed by atoms with Crippen molar-refractivity contribution in [3.05, 3.63) is 64.3 Å². The van der Waals surface area contributed by atoms with E-state index in [1.807, 2.05) is 48.5 Å². The Morgan fingerprint density at radius 2 is 2.00 bits per heavy atom. The molecule has 1 unspecified atom stereocenters. The molecule has 1 atom stereocenters. The SMILES string of the molecule is O=C(NC(Cc1[nH]nc2cc(Br)ccc12)C(=O)O)OCc1ccccc1. The molecule has 0 fully saturated rings. The number of amides is 1. The van der Waals surface area contributed by atoms with Gasteiger partial charge in [-0.25, -0.2) is 9.59 Å². The second-order valence-corrected chi connectivity index (χ2v) is 6.58. The Morgan fingerprint density at radius 3 is 2.73 bits per heavy atom. The summed E-state index contributed by atoms with van der Waals surface area (Å²) < 4.78 is 5.96. The maximum atomic E-state index is 11.9. The number of alkyl carbamates (subject to hydrolysis) is 1. The predicted molar refractivity (Wildman–Crippen MR) is 98.7 cm³/mol. The summed E-state index contributed by atoms with van der Waals surface area (Å²) in [5.41, 5.74) is 2.16. The summed E-state index contributed by atoms with van der Waals surface area (Å²) in [6, 6.07) is 13.5. The lowest BCUT2D eigenvalue weighted by Crippen LogP contribution is -2.42. The maximum absolute atomic E-state index is 11.9. The van der Waals surface area contributed by atoms with Gasteiger partial charge >= 0.3 is 12.1 Å². The number of halogens is 1. The molecule has 1 heterocycles. The highest BCUT2D eigenvalue weighted by molar-refractivity contribution is 9.10. The van der Waals surface area contributed by atoms with E-state index in [1.54, 1.807) is 0 Å². The van der Waals surface area contributed by atoms with E-state index >= 15 is 0 Å². The van der Waals surface area contributed by atoms with Crippen LogP contribution in [-0.4, -0.2) is 33.4 Å². The van der Waals surface area contributed by atoms with Gasteiger partial charge in [-0.1, -0.05) is 46.3 Å². The molecule has 0 saturated carbocycles. The van der Waals surface area contributed by atoms with Gasteiger partial charge in [0.05, 0.1) is 5.52 Å². The Morgan fingerprint density at radius 1 is 1.23 bits per heavy atom. The van der Waals surface area contributed by atoms with Gasteiger partial charge in [0.15, 0.2) is 0 Å². The lowest BCUT2D eigenvalue weighted by Gasteiger charge is -2.14. The standard InChI is InChI=1S/C18H16BrN3O4/c19-12-6-7-13-14(8-12)21-22-15(13)9-16(17(23)24)20-18(25)26-10-11-4-2-1-3-5-11/h1-8,16H,9-10H2,(H,20,25)(H,21,22)(H,23,24). The molecule has 0 aliphatic heterocycles. The summed E-state index contributed by atoms with van der Waals surface area (Å²) >= 11 is 3.36. The Hall–Kier alpha value is -2.87. The molecule has 3 rings (SSSR count). The van der Waals surface area contributed by atoms with Gasteiger partial charge in [0.2, 0.25) is 0 Å². The van der Waals surface area contributed by atoms with Crippen LogP contribution in [0.2, 0.25) is 0 Å². The largest absolute Gasteiger partial charge is 0.480 e. The number of carboxylic acids is 1. The fraction of sp³-hybridized carbons (Fsp3) is 0.167. The lowest BCUT2D eigenvalue weighted by atomic mass is 10.1. The number of fused-ring (bicyclic) bond motifs is 1. The summed E-state index contributed by atoms with van der Waals surface area (Å²) in [7, 11) is 0. The molecule has 0 bridgehead atoms. The van der Waals surface area contributed by atoms with Crippen LogP contribution in [0.3, 0.4) is 0 Å². The molecule has 8 heteroatoms. The van der Waals surface area contributed by atoms with Crippen molar-refractivity contribution >= 4 is 38.9 Å². The number of nitrogens with zero attached hydrogens (tertiary/aromatic N) is 1. The molecule has 0 radical (unpaired) electrons. The summed E-state index contributed by atoms with van der Waals surface area (Å²) in [5.74, 6) is -1.15. The lowest BCUT2D eigenvalue weighted by molar-refractivity contribution is -0.139. The predicted octanol–water partition coefficient (Wildman–Crippen LogP) is 3.25. The first kappa shape index (κ1) is 17.9. The van der Waals surface area contributed by atoms with E-state index < -0.39 is 18.1 Å². The van der Waals surface area contributed by atoms with E-state index in [9.17, 15) is 14.7 Å². The van der Waals surface area contributed by atoms with Crippen molar-refractivity contribution in [3.63, 3.8) is 0 Å². The van der Waals surface area contributed by atoms with Crippen molar-refractivity contribution in [2.75, 3.05) is 0 Å². The number of nitrogens with one attached hydrogen (secondary N) is 2. The summed E-state index contributed by atoms with van der Waals surface area (Å²) in [6.07, 6.45) is -0.721. The van der Waals surface area contributed by atoms with Crippen LogP contribution in [0.25, 0.3) is 10.9 Å². The number of ether oxygens (including phenoxy) is 1. The average molecular weight is 418 g/mol. The first-order valence-electron chi connectivity index (χ1n) is 7.85. The summed E-state index contributed by atoms with van der Waals surface area (Å²) in [5, 5.41) is 19.6. The Kier molecular flexibility index (Phi) is 5.52. The van der Waals surface area contributed by atoms with E-state index in [2.05, 4.69) is 31.4 Å². The highest BCUT2D eigenvalue weighted by Gasteiger charge is 2.23. The molecular weight excluding hydrogens is 402 g/mol. The fourth-order valence-electron chi connectivity index (χ4n) is 2.51. The number of carboxylic acid groups (broad SMARTS) is 1. The van der Waals surface area contributed by atoms with Gasteiger partial charge in [-0.05, 0) is 23.8 Å². The number of carbonyl (C=O) groups is 2. The minimum absolute atomic E-state index is 0.0634. The Balaban J connectivity index is 1.65. The van der Waals surface area contributed by atoms with Crippen LogP contribution in [-0.2, 0) is 22.6 Å². The third kappa shape index (κ3) is 4.40. The molecule has 0 saturated heterocycles. The second-order valence-electron chi connectivity index (χ2n) is 5.66. The zero-order valence-electron chi connectivity index (χ0n) is 13.6. The molecule has 0 aliphatic rings. The van der Waals surface area contributed by atoms with E-state index in [-0.39, 0.29) is 13.0 Å². The topological polar surface area (TPSA) is 104 Å². The van der Waals surface area contributed by atoms with E-state index in [4.69, 9.17) is 4.74 Å². The number of aliphatic carboxylic acids is 1. The third-order valence-electron chi connectivity index (χ3n) is 3.81. The summed E-state index contributed by atoms with van der Waals surface area (Å²) in [6.45, 7) is 0.0695. The fourth-order valence-corrected chi connectivity index (χ4v) is 2.86. The molecule has 134 valence electrons. The molecule has 7 nitrogen and oxygen atoms in total. The second kappa shape index (κ2) is 8.01. The highest BCUT2D eigenvalue weighted by Crippen LogP contribution is 2.21. The molecule has 0 spiro atoms.